The van der Waals surface area contributed by atoms with Crippen molar-refractivity contribution in [1.29, 1.82) is 0 Å². The Bertz CT molecular complexity index is 141. The van der Waals surface area contributed by atoms with E-state index < -0.39 is 12.6 Å². The molecule has 0 saturated carbocycles. The number of aliphatic hydroxyl groups is 4. The molecule has 4 N–H and O–H groups in total. The van der Waals surface area contributed by atoms with E-state index in [2.05, 4.69) is 0 Å². The Hall–Kier alpha value is -0.240. The zero-order valence-electron chi connectivity index (χ0n) is 9.09. The van der Waals surface area contributed by atoms with E-state index in [0.29, 0.717) is 13.2 Å². The summed E-state index contributed by atoms with van der Waals surface area (Å²) in [6, 6.07) is 0. The maximum Gasteiger partial charge on any atom is 0.175 e. The van der Waals surface area contributed by atoms with E-state index in [4.69, 9.17) is 29.9 Å². The summed E-state index contributed by atoms with van der Waals surface area (Å²) in [6.07, 6.45) is -2.94. The van der Waals surface area contributed by atoms with Gasteiger partial charge in [-0.25, -0.2) is 0 Å². The summed E-state index contributed by atoms with van der Waals surface area (Å²) in [5, 5.41) is 34.1. The lowest BCUT2D eigenvalue weighted by Gasteiger charge is -2.24. The summed E-state index contributed by atoms with van der Waals surface area (Å²) in [5.74, 6) is 0. The van der Waals surface area contributed by atoms with Crippen LogP contribution in [0.4, 0.5) is 0 Å². The van der Waals surface area contributed by atoms with Gasteiger partial charge in [0.15, 0.2) is 12.6 Å². The summed E-state index contributed by atoms with van der Waals surface area (Å²) in [4.78, 5) is 0. The lowest BCUT2D eigenvalue weighted by Crippen LogP contribution is -2.29. The number of hydrogen-bond donors (Lipinski definition) is 4. The zero-order valence-corrected chi connectivity index (χ0v) is 9.09. The normalized spacial score (nSPS) is 12.8. The predicted molar refractivity (Wildman–Crippen MR) is 51.9 cm³/mol. The summed E-state index contributed by atoms with van der Waals surface area (Å²) in [7, 11) is 0. The van der Waals surface area contributed by atoms with Gasteiger partial charge in [0, 0.05) is 5.41 Å². The molecule has 0 aliphatic rings. The third-order valence-electron chi connectivity index (χ3n) is 1.52. The summed E-state index contributed by atoms with van der Waals surface area (Å²) < 4.78 is 10.0. The van der Waals surface area contributed by atoms with Crippen LogP contribution in [0.5, 0.6) is 0 Å². The van der Waals surface area contributed by atoms with Crippen molar-refractivity contribution in [2.24, 2.45) is 5.41 Å². The van der Waals surface area contributed by atoms with E-state index in [0.717, 1.165) is 0 Å². The highest BCUT2D eigenvalue weighted by molar-refractivity contribution is 4.66. The molecule has 0 radical (unpaired) electrons. The van der Waals surface area contributed by atoms with E-state index >= 15 is 0 Å². The highest BCUT2D eigenvalue weighted by atomic mass is 16.6. The van der Waals surface area contributed by atoms with Crippen molar-refractivity contribution >= 4 is 0 Å². The molecule has 0 rings (SSSR count). The van der Waals surface area contributed by atoms with Crippen LogP contribution in [0.3, 0.4) is 0 Å². The number of hydrogen-bond acceptors (Lipinski definition) is 6. The molecule has 0 atom stereocenters. The van der Waals surface area contributed by atoms with Crippen molar-refractivity contribution in [3.63, 3.8) is 0 Å². The second-order valence-electron chi connectivity index (χ2n) is 4.16. The summed E-state index contributed by atoms with van der Waals surface area (Å²) >= 11 is 0. The largest absolute Gasteiger partial charge is 0.376 e. The second kappa shape index (κ2) is 7.10. The molecular weight excluding hydrogens is 204 g/mol. The van der Waals surface area contributed by atoms with Crippen LogP contribution in [-0.4, -0.2) is 59.4 Å². The number of ether oxygens (including phenoxy) is 2. The minimum absolute atomic E-state index is 0.147. The third kappa shape index (κ3) is 10.1. The minimum Gasteiger partial charge on any atom is -0.376 e. The number of rotatable bonds is 8. The van der Waals surface area contributed by atoms with Crippen LogP contribution >= 0.6 is 0 Å². The average Bonchev–Trinajstić information content (AvgIpc) is 2.01. The van der Waals surface area contributed by atoms with Crippen molar-refractivity contribution in [1.82, 2.24) is 0 Å². The van der Waals surface area contributed by atoms with Crippen molar-refractivity contribution in [2.75, 3.05) is 26.4 Å². The molecule has 0 aromatic heterocycles. The molecule has 0 unspecified atom stereocenters. The highest BCUT2D eigenvalue weighted by Gasteiger charge is 2.19. The standard InChI is InChI=1S/C9H20O6/c1-9(2,5-14-3-7(10)11)6-15-4-8(12)13/h7-8,10-13H,3-6H2,1-2H3. The molecule has 0 aromatic carbocycles. The van der Waals surface area contributed by atoms with Crippen molar-refractivity contribution in [2.45, 2.75) is 26.4 Å². The van der Waals surface area contributed by atoms with Gasteiger partial charge in [-0.3, -0.25) is 0 Å². The van der Waals surface area contributed by atoms with E-state index in [1.807, 2.05) is 13.8 Å². The van der Waals surface area contributed by atoms with Gasteiger partial charge in [-0.05, 0) is 0 Å². The first-order valence-electron chi connectivity index (χ1n) is 4.71. The quantitative estimate of drug-likeness (QED) is 0.381. The molecule has 6 nitrogen and oxygen atoms in total. The SMILES string of the molecule is CC(C)(COCC(O)O)COCC(O)O. The lowest BCUT2D eigenvalue weighted by molar-refractivity contribution is -0.125. The lowest BCUT2D eigenvalue weighted by atomic mass is 9.96. The Morgan fingerprint density at radius 3 is 1.47 bits per heavy atom. The predicted octanol–water partition coefficient (Wildman–Crippen LogP) is -1.33. The van der Waals surface area contributed by atoms with Gasteiger partial charge >= 0.3 is 0 Å². The van der Waals surface area contributed by atoms with Gasteiger partial charge in [-0.2, -0.15) is 0 Å². The van der Waals surface area contributed by atoms with Gasteiger partial charge in [0.25, 0.3) is 0 Å². The van der Waals surface area contributed by atoms with Crippen LogP contribution in [-0.2, 0) is 9.47 Å². The minimum atomic E-state index is -1.47. The van der Waals surface area contributed by atoms with Gasteiger partial charge in [-0.15, -0.1) is 0 Å². The Labute approximate surface area is 89.1 Å². The van der Waals surface area contributed by atoms with E-state index in [1.54, 1.807) is 0 Å². The van der Waals surface area contributed by atoms with Crippen LogP contribution < -0.4 is 0 Å². The zero-order chi connectivity index (χ0) is 11.9. The van der Waals surface area contributed by atoms with E-state index in [-0.39, 0.29) is 18.6 Å². The Balaban J connectivity index is 3.57. The first-order valence-corrected chi connectivity index (χ1v) is 4.71. The Kier molecular flexibility index (Phi) is 6.99. The molecule has 0 aliphatic heterocycles. The second-order valence-corrected chi connectivity index (χ2v) is 4.16. The maximum absolute atomic E-state index is 8.53. The fraction of sp³-hybridized carbons (Fsp3) is 1.00. The molecule has 0 spiro atoms. The molecular formula is C9H20O6. The molecule has 0 aliphatic carbocycles. The molecule has 15 heavy (non-hydrogen) atoms. The van der Waals surface area contributed by atoms with Crippen molar-refractivity contribution in [3.8, 4) is 0 Å². The number of aliphatic hydroxyl groups excluding tert-OH is 2. The summed E-state index contributed by atoms with van der Waals surface area (Å²) in [6.45, 7) is 4.03. The topological polar surface area (TPSA) is 99.4 Å². The first kappa shape index (κ1) is 14.8. The smallest absolute Gasteiger partial charge is 0.175 e. The van der Waals surface area contributed by atoms with Gasteiger partial charge < -0.3 is 29.9 Å². The highest BCUT2D eigenvalue weighted by Crippen LogP contribution is 2.15. The van der Waals surface area contributed by atoms with Gasteiger partial charge in [-0.1, -0.05) is 13.8 Å². The van der Waals surface area contributed by atoms with Gasteiger partial charge in [0.05, 0.1) is 26.4 Å². The summed E-state index contributed by atoms with van der Waals surface area (Å²) in [5.41, 5.74) is -0.316. The van der Waals surface area contributed by atoms with Crippen LogP contribution in [0.25, 0.3) is 0 Å². The Morgan fingerprint density at radius 2 is 1.20 bits per heavy atom. The molecule has 0 aromatic rings. The van der Waals surface area contributed by atoms with Crippen LogP contribution in [0, 0.1) is 5.41 Å². The van der Waals surface area contributed by atoms with E-state index in [1.165, 1.54) is 0 Å². The molecule has 0 amide bonds. The van der Waals surface area contributed by atoms with Gasteiger partial charge in [0.1, 0.15) is 0 Å². The molecule has 0 saturated heterocycles. The maximum atomic E-state index is 8.53. The van der Waals surface area contributed by atoms with Crippen LogP contribution in [0.2, 0.25) is 0 Å². The Morgan fingerprint density at radius 1 is 0.867 bits per heavy atom. The average molecular weight is 224 g/mol. The molecule has 0 fully saturated rings. The van der Waals surface area contributed by atoms with Crippen LogP contribution in [0.15, 0.2) is 0 Å². The first-order chi connectivity index (χ1) is 6.83. The fourth-order valence-electron chi connectivity index (χ4n) is 0.923. The van der Waals surface area contributed by atoms with Crippen molar-refractivity contribution in [3.05, 3.63) is 0 Å². The fourth-order valence-corrected chi connectivity index (χ4v) is 0.923. The monoisotopic (exact) mass is 224 g/mol. The third-order valence-corrected chi connectivity index (χ3v) is 1.52. The molecule has 0 heterocycles. The molecule has 0 bridgehead atoms. The molecule has 6 heteroatoms. The van der Waals surface area contributed by atoms with Crippen molar-refractivity contribution < 1.29 is 29.9 Å². The van der Waals surface area contributed by atoms with Crippen LogP contribution in [0.1, 0.15) is 13.8 Å². The van der Waals surface area contributed by atoms with Gasteiger partial charge in [0.2, 0.25) is 0 Å². The molecule has 92 valence electrons. The van der Waals surface area contributed by atoms with E-state index in [9.17, 15) is 0 Å².